The van der Waals surface area contributed by atoms with Gasteiger partial charge in [-0.1, -0.05) is 13.0 Å². The molecule has 0 aromatic heterocycles. The molecule has 0 aliphatic carbocycles. The van der Waals surface area contributed by atoms with Crippen LogP contribution in [0.4, 0.5) is 4.79 Å². The maximum absolute atomic E-state index is 10.6. The Labute approximate surface area is 83.9 Å². The van der Waals surface area contributed by atoms with E-state index in [9.17, 15) is 4.79 Å². The summed E-state index contributed by atoms with van der Waals surface area (Å²) in [6, 6.07) is 3.87. The highest BCUT2D eigenvalue weighted by atomic mass is 16.5. The second-order valence-electron chi connectivity index (χ2n) is 3.32. The van der Waals surface area contributed by atoms with E-state index in [1.165, 1.54) is 5.56 Å². The van der Waals surface area contributed by atoms with Crippen LogP contribution >= 0.6 is 0 Å². The molecule has 0 radical (unpaired) electrons. The summed E-state index contributed by atoms with van der Waals surface area (Å²) in [6.07, 6.45) is 0.209. The van der Waals surface area contributed by atoms with Gasteiger partial charge in [0.2, 0.25) is 0 Å². The Morgan fingerprint density at radius 1 is 1.36 bits per heavy atom. The summed E-state index contributed by atoms with van der Waals surface area (Å²) in [4.78, 5) is 10.6. The first kappa shape index (κ1) is 10.6. The van der Waals surface area contributed by atoms with Gasteiger partial charge in [-0.25, -0.2) is 4.79 Å². The SMILES string of the molecule is CCc1cc(C)c(OC(N)=O)cc1C. The van der Waals surface area contributed by atoms with Crippen molar-refractivity contribution in [1.29, 1.82) is 0 Å². The fourth-order valence-corrected chi connectivity index (χ4v) is 1.45. The van der Waals surface area contributed by atoms with Gasteiger partial charge in [-0.3, -0.25) is 0 Å². The molecule has 1 amide bonds. The zero-order valence-electron chi connectivity index (χ0n) is 8.76. The largest absolute Gasteiger partial charge is 0.410 e. The Morgan fingerprint density at radius 2 is 2.00 bits per heavy atom. The van der Waals surface area contributed by atoms with E-state index < -0.39 is 6.09 Å². The van der Waals surface area contributed by atoms with Crippen molar-refractivity contribution in [2.75, 3.05) is 0 Å². The Kier molecular flexibility index (Phi) is 3.12. The minimum Gasteiger partial charge on any atom is -0.410 e. The smallest absolute Gasteiger partial charge is 0.409 e. The molecule has 1 aromatic carbocycles. The van der Waals surface area contributed by atoms with E-state index in [4.69, 9.17) is 10.5 Å². The Morgan fingerprint density at radius 3 is 2.50 bits per heavy atom. The van der Waals surface area contributed by atoms with Crippen molar-refractivity contribution in [1.82, 2.24) is 0 Å². The third-order valence-corrected chi connectivity index (χ3v) is 2.22. The second-order valence-corrected chi connectivity index (χ2v) is 3.32. The van der Waals surface area contributed by atoms with E-state index in [1.54, 1.807) is 0 Å². The quantitative estimate of drug-likeness (QED) is 0.783. The standard InChI is InChI=1S/C11H15NO2/c1-4-9-5-8(3)10(6-7(9)2)14-11(12)13/h5-6H,4H2,1-3H3,(H2,12,13). The van der Waals surface area contributed by atoms with Crippen molar-refractivity contribution < 1.29 is 9.53 Å². The zero-order chi connectivity index (χ0) is 10.7. The van der Waals surface area contributed by atoms with Crippen LogP contribution in [-0.2, 0) is 6.42 Å². The Hall–Kier alpha value is -1.51. The molecule has 0 fully saturated rings. The predicted octanol–water partition coefficient (Wildman–Crippen LogP) is 2.32. The number of amides is 1. The number of hydrogen-bond acceptors (Lipinski definition) is 2. The average molecular weight is 193 g/mol. The average Bonchev–Trinajstić information content (AvgIpc) is 2.10. The van der Waals surface area contributed by atoms with Crippen LogP contribution < -0.4 is 10.5 Å². The topological polar surface area (TPSA) is 52.3 Å². The van der Waals surface area contributed by atoms with E-state index >= 15 is 0 Å². The summed E-state index contributed by atoms with van der Waals surface area (Å²) in [5, 5.41) is 0. The van der Waals surface area contributed by atoms with Crippen molar-refractivity contribution >= 4 is 6.09 Å². The van der Waals surface area contributed by atoms with Crippen LogP contribution in [0.3, 0.4) is 0 Å². The molecule has 1 rings (SSSR count). The fraction of sp³-hybridized carbons (Fsp3) is 0.364. The number of carbonyl (C=O) groups excluding carboxylic acids is 1. The number of nitrogens with two attached hydrogens (primary N) is 1. The molecule has 0 heterocycles. The van der Waals surface area contributed by atoms with Gasteiger partial charge in [-0.2, -0.15) is 0 Å². The van der Waals surface area contributed by atoms with Gasteiger partial charge in [0, 0.05) is 0 Å². The van der Waals surface area contributed by atoms with Crippen molar-refractivity contribution in [2.45, 2.75) is 27.2 Å². The molecule has 2 N–H and O–H groups in total. The molecule has 0 atom stereocenters. The van der Waals surface area contributed by atoms with Gasteiger partial charge in [0.15, 0.2) is 0 Å². The lowest BCUT2D eigenvalue weighted by atomic mass is 10.0. The molecule has 3 heteroatoms. The number of aryl methyl sites for hydroxylation is 3. The van der Waals surface area contributed by atoms with Crippen LogP contribution in [0.5, 0.6) is 5.75 Å². The number of benzene rings is 1. The molecule has 0 aliphatic rings. The van der Waals surface area contributed by atoms with E-state index in [2.05, 4.69) is 6.92 Å². The first-order valence-electron chi connectivity index (χ1n) is 4.62. The fourth-order valence-electron chi connectivity index (χ4n) is 1.45. The van der Waals surface area contributed by atoms with Crippen LogP contribution in [0.15, 0.2) is 12.1 Å². The van der Waals surface area contributed by atoms with Crippen molar-refractivity contribution in [3.63, 3.8) is 0 Å². The summed E-state index contributed by atoms with van der Waals surface area (Å²) in [7, 11) is 0. The van der Waals surface area contributed by atoms with Gasteiger partial charge in [0.05, 0.1) is 0 Å². The van der Waals surface area contributed by atoms with E-state index in [0.717, 1.165) is 17.5 Å². The molecule has 14 heavy (non-hydrogen) atoms. The first-order chi connectivity index (χ1) is 6.54. The molecule has 0 aliphatic heterocycles. The van der Waals surface area contributed by atoms with Crippen LogP contribution in [-0.4, -0.2) is 6.09 Å². The van der Waals surface area contributed by atoms with Gasteiger partial charge in [0.25, 0.3) is 0 Å². The highest BCUT2D eigenvalue weighted by Gasteiger charge is 2.06. The molecule has 0 unspecified atom stereocenters. The van der Waals surface area contributed by atoms with Gasteiger partial charge < -0.3 is 10.5 Å². The van der Waals surface area contributed by atoms with Crippen molar-refractivity contribution in [2.24, 2.45) is 5.73 Å². The molecule has 0 bridgehead atoms. The number of ether oxygens (including phenoxy) is 1. The van der Waals surface area contributed by atoms with Crippen LogP contribution in [0, 0.1) is 13.8 Å². The lowest BCUT2D eigenvalue weighted by molar-refractivity contribution is 0.210. The Bertz CT molecular complexity index is 359. The summed E-state index contributed by atoms with van der Waals surface area (Å²) in [6.45, 7) is 5.99. The number of primary amides is 1. The number of carbonyl (C=O) groups is 1. The van der Waals surface area contributed by atoms with Gasteiger partial charge in [-0.05, 0) is 43.0 Å². The third-order valence-electron chi connectivity index (χ3n) is 2.22. The zero-order valence-corrected chi connectivity index (χ0v) is 8.76. The van der Waals surface area contributed by atoms with Gasteiger partial charge in [0.1, 0.15) is 5.75 Å². The van der Waals surface area contributed by atoms with Crippen molar-refractivity contribution in [3.05, 3.63) is 28.8 Å². The van der Waals surface area contributed by atoms with Crippen molar-refractivity contribution in [3.8, 4) is 5.75 Å². The van der Waals surface area contributed by atoms with Crippen LogP contribution in [0.2, 0.25) is 0 Å². The van der Waals surface area contributed by atoms with E-state index in [0.29, 0.717) is 5.75 Å². The lowest BCUT2D eigenvalue weighted by Crippen LogP contribution is -2.17. The minimum atomic E-state index is -0.767. The second kappa shape index (κ2) is 4.13. The molecular formula is C11H15NO2. The van der Waals surface area contributed by atoms with Gasteiger partial charge >= 0.3 is 6.09 Å². The normalized spacial score (nSPS) is 9.93. The molecule has 0 spiro atoms. The predicted molar refractivity (Wildman–Crippen MR) is 55.5 cm³/mol. The van der Waals surface area contributed by atoms with E-state index in [-0.39, 0.29) is 0 Å². The monoisotopic (exact) mass is 193 g/mol. The van der Waals surface area contributed by atoms with Crippen LogP contribution in [0.25, 0.3) is 0 Å². The lowest BCUT2D eigenvalue weighted by Gasteiger charge is -2.09. The third kappa shape index (κ3) is 2.25. The molecule has 1 aromatic rings. The van der Waals surface area contributed by atoms with Crippen LogP contribution in [0.1, 0.15) is 23.6 Å². The molecule has 76 valence electrons. The van der Waals surface area contributed by atoms with E-state index in [1.807, 2.05) is 26.0 Å². The summed E-state index contributed by atoms with van der Waals surface area (Å²) in [5.74, 6) is 0.548. The molecule has 0 saturated carbocycles. The highest BCUT2D eigenvalue weighted by molar-refractivity contribution is 5.68. The maximum Gasteiger partial charge on any atom is 0.409 e. The Balaban J connectivity index is 3.08. The highest BCUT2D eigenvalue weighted by Crippen LogP contribution is 2.23. The number of hydrogen-bond donors (Lipinski definition) is 1. The first-order valence-corrected chi connectivity index (χ1v) is 4.62. The van der Waals surface area contributed by atoms with Gasteiger partial charge in [-0.15, -0.1) is 0 Å². The molecule has 3 nitrogen and oxygen atoms in total. The number of rotatable bonds is 2. The molecular weight excluding hydrogens is 178 g/mol. The summed E-state index contributed by atoms with van der Waals surface area (Å²) in [5.41, 5.74) is 8.27. The maximum atomic E-state index is 10.6. The molecule has 0 saturated heterocycles. The summed E-state index contributed by atoms with van der Waals surface area (Å²) >= 11 is 0. The summed E-state index contributed by atoms with van der Waals surface area (Å²) < 4.78 is 4.86. The minimum absolute atomic E-state index is 0.548.